The summed E-state index contributed by atoms with van der Waals surface area (Å²) < 4.78 is 27.0. The SMILES string of the molecule is CCCCC/C=C\C/C=C\CCCCCCCCCCCCCCCC(=O)NC(COP(=O)(O)OCC(O)COC(=O)CCCCCCCCCCCCCCCCCCC)C(=O)O. The quantitative estimate of drug-likeness (QED) is 0.0199. The molecule has 0 aliphatic heterocycles. The normalized spacial score (nSPS) is 13.7. The van der Waals surface area contributed by atoms with Gasteiger partial charge in [0, 0.05) is 12.8 Å². The van der Waals surface area contributed by atoms with Crippen LogP contribution in [0.3, 0.4) is 0 Å². The monoisotopic (exact) mass is 928 g/mol. The van der Waals surface area contributed by atoms with Crippen LogP contribution in [0.4, 0.5) is 0 Å². The van der Waals surface area contributed by atoms with E-state index >= 15 is 0 Å². The van der Waals surface area contributed by atoms with Gasteiger partial charge in [-0.1, -0.05) is 224 Å². The Kier molecular flexibility index (Phi) is 45.9. The number of aliphatic carboxylic acids is 1. The van der Waals surface area contributed by atoms with E-state index in [1.165, 1.54) is 173 Å². The number of unbranched alkanes of at least 4 members (excludes halogenated alkanes) is 32. The van der Waals surface area contributed by atoms with Crippen LogP contribution in [0.15, 0.2) is 24.3 Å². The van der Waals surface area contributed by atoms with Crippen LogP contribution in [0.2, 0.25) is 0 Å². The zero-order valence-corrected chi connectivity index (χ0v) is 42.0. The summed E-state index contributed by atoms with van der Waals surface area (Å²) in [5.74, 6) is -2.36. The van der Waals surface area contributed by atoms with Crippen molar-refractivity contribution in [1.82, 2.24) is 5.32 Å². The molecular weight excluding hydrogens is 830 g/mol. The van der Waals surface area contributed by atoms with Gasteiger partial charge in [0.1, 0.15) is 12.7 Å². The zero-order chi connectivity index (χ0) is 47.0. The van der Waals surface area contributed by atoms with Crippen molar-refractivity contribution in [2.45, 2.75) is 270 Å². The number of ether oxygens (including phenoxy) is 1. The highest BCUT2D eigenvalue weighted by Gasteiger charge is 2.28. The minimum absolute atomic E-state index is 0.147. The molecule has 0 aromatic heterocycles. The number of phosphoric acid groups is 1. The Morgan fingerprint density at radius 2 is 0.859 bits per heavy atom. The van der Waals surface area contributed by atoms with E-state index in [0.717, 1.165) is 44.9 Å². The number of aliphatic hydroxyl groups is 1. The first-order chi connectivity index (χ1) is 31.1. The molecule has 0 saturated heterocycles. The molecule has 0 radical (unpaired) electrons. The molecule has 4 N–H and O–H groups in total. The number of amides is 1. The fourth-order valence-corrected chi connectivity index (χ4v) is 8.41. The lowest BCUT2D eigenvalue weighted by atomic mass is 10.0. The number of hydrogen-bond donors (Lipinski definition) is 4. The molecule has 3 unspecified atom stereocenters. The van der Waals surface area contributed by atoms with E-state index in [9.17, 15) is 34.1 Å². The molecule has 376 valence electrons. The summed E-state index contributed by atoms with van der Waals surface area (Å²) in [6.07, 6.45) is 52.0. The number of phosphoric ester groups is 1. The third kappa shape index (κ3) is 46.5. The van der Waals surface area contributed by atoms with Crippen molar-refractivity contribution in [1.29, 1.82) is 0 Å². The maximum absolute atomic E-state index is 12.4. The predicted octanol–water partition coefficient (Wildman–Crippen LogP) is 14.6. The Hall–Kier alpha value is -2.04. The van der Waals surface area contributed by atoms with Gasteiger partial charge in [-0.15, -0.1) is 0 Å². The van der Waals surface area contributed by atoms with Gasteiger partial charge in [-0.3, -0.25) is 18.6 Å². The number of carboxylic acid groups (broad SMARTS) is 1. The lowest BCUT2D eigenvalue weighted by molar-refractivity contribution is -0.147. The summed E-state index contributed by atoms with van der Waals surface area (Å²) in [4.78, 5) is 46.1. The molecule has 3 atom stereocenters. The van der Waals surface area contributed by atoms with Gasteiger partial charge in [-0.2, -0.15) is 0 Å². The average Bonchev–Trinajstić information content (AvgIpc) is 3.27. The van der Waals surface area contributed by atoms with Gasteiger partial charge in [-0.05, 0) is 44.9 Å². The fraction of sp³-hybridized carbons (Fsp3) is 0.865. The zero-order valence-electron chi connectivity index (χ0n) is 41.1. The topological polar surface area (TPSA) is 169 Å². The largest absolute Gasteiger partial charge is 0.480 e. The standard InChI is InChI=1S/C52H98NO10P/c1-3-5-7-9-11-13-15-17-19-21-22-23-24-25-26-28-29-31-33-35-37-39-41-43-50(55)53-49(52(57)58)47-63-64(59,60)62-46-48(54)45-61-51(56)44-42-40-38-36-34-32-30-27-20-18-16-14-12-10-8-6-4-2/h11,13,17,19,48-49,54H,3-10,12,14-16,18,20-47H2,1-2H3,(H,53,55)(H,57,58)(H,59,60)/b13-11-,19-17-. The number of carboxylic acids is 1. The molecule has 0 aliphatic carbocycles. The summed E-state index contributed by atoms with van der Waals surface area (Å²) in [5, 5.41) is 21.9. The third-order valence-electron chi connectivity index (χ3n) is 11.7. The third-order valence-corrected chi connectivity index (χ3v) is 12.7. The lowest BCUT2D eigenvalue weighted by Crippen LogP contribution is -2.43. The second-order valence-electron chi connectivity index (χ2n) is 18.1. The summed E-state index contributed by atoms with van der Waals surface area (Å²) in [6, 6.07) is -1.55. The molecule has 0 fully saturated rings. The smallest absolute Gasteiger partial charge is 0.472 e. The molecule has 12 heteroatoms. The van der Waals surface area contributed by atoms with Crippen LogP contribution in [0.5, 0.6) is 0 Å². The number of allylic oxidation sites excluding steroid dienone is 4. The van der Waals surface area contributed by atoms with Crippen molar-refractivity contribution in [3.63, 3.8) is 0 Å². The van der Waals surface area contributed by atoms with E-state index in [-0.39, 0.29) is 12.8 Å². The predicted molar refractivity (Wildman–Crippen MR) is 263 cm³/mol. The highest BCUT2D eigenvalue weighted by molar-refractivity contribution is 7.47. The Labute approximate surface area is 391 Å². The van der Waals surface area contributed by atoms with Crippen molar-refractivity contribution in [2.24, 2.45) is 0 Å². The maximum atomic E-state index is 12.4. The van der Waals surface area contributed by atoms with Gasteiger partial charge in [0.2, 0.25) is 5.91 Å². The fourth-order valence-electron chi connectivity index (χ4n) is 7.64. The van der Waals surface area contributed by atoms with Gasteiger partial charge in [0.15, 0.2) is 6.04 Å². The minimum Gasteiger partial charge on any atom is -0.480 e. The Morgan fingerprint density at radius 1 is 0.500 bits per heavy atom. The number of esters is 1. The molecular formula is C52H98NO10P. The first kappa shape index (κ1) is 62.0. The van der Waals surface area contributed by atoms with Gasteiger partial charge in [-0.25, -0.2) is 9.36 Å². The van der Waals surface area contributed by atoms with Crippen molar-refractivity contribution in [3.8, 4) is 0 Å². The van der Waals surface area contributed by atoms with Crippen molar-refractivity contribution < 1.29 is 47.8 Å². The highest BCUT2D eigenvalue weighted by Crippen LogP contribution is 2.43. The van der Waals surface area contributed by atoms with Crippen molar-refractivity contribution in [2.75, 3.05) is 19.8 Å². The second kappa shape index (κ2) is 47.5. The molecule has 0 aromatic rings. The van der Waals surface area contributed by atoms with E-state index < -0.39 is 57.6 Å². The van der Waals surface area contributed by atoms with E-state index in [4.69, 9.17) is 13.8 Å². The van der Waals surface area contributed by atoms with E-state index in [2.05, 4.69) is 43.5 Å². The van der Waals surface area contributed by atoms with Crippen LogP contribution < -0.4 is 5.32 Å². The van der Waals surface area contributed by atoms with Gasteiger partial charge >= 0.3 is 19.8 Å². The second-order valence-corrected chi connectivity index (χ2v) is 19.5. The van der Waals surface area contributed by atoms with Gasteiger partial charge in [0.05, 0.1) is 13.2 Å². The average molecular weight is 928 g/mol. The molecule has 0 bridgehead atoms. The number of hydrogen-bond acceptors (Lipinski definition) is 8. The molecule has 0 aromatic carbocycles. The summed E-state index contributed by atoms with van der Waals surface area (Å²) in [7, 11) is -4.76. The van der Waals surface area contributed by atoms with Crippen molar-refractivity contribution >= 4 is 25.7 Å². The molecule has 0 spiro atoms. The van der Waals surface area contributed by atoms with Crippen LogP contribution in [-0.2, 0) is 32.7 Å². The summed E-state index contributed by atoms with van der Waals surface area (Å²) >= 11 is 0. The van der Waals surface area contributed by atoms with Crippen LogP contribution in [0.25, 0.3) is 0 Å². The first-order valence-electron chi connectivity index (χ1n) is 26.4. The molecule has 0 saturated carbocycles. The van der Waals surface area contributed by atoms with Crippen LogP contribution in [-0.4, -0.2) is 64.9 Å². The maximum Gasteiger partial charge on any atom is 0.472 e. The van der Waals surface area contributed by atoms with E-state index in [0.29, 0.717) is 12.8 Å². The lowest BCUT2D eigenvalue weighted by Gasteiger charge is -2.18. The van der Waals surface area contributed by atoms with Crippen molar-refractivity contribution in [3.05, 3.63) is 24.3 Å². The summed E-state index contributed by atoms with van der Waals surface area (Å²) in [6.45, 7) is 2.62. The molecule has 0 aliphatic rings. The number of carbonyl (C=O) groups is 3. The first-order valence-corrected chi connectivity index (χ1v) is 27.9. The number of aliphatic hydroxyl groups excluding tert-OH is 1. The Morgan fingerprint density at radius 3 is 1.30 bits per heavy atom. The molecule has 11 nitrogen and oxygen atoms in total. The van der Waals surface area contributed by atoms with Gasteiger partial charge < -0.3 is 25.2 Å². The number of rotatable bonds is 50. The molecule has 0 rings (SSSR count). The molecule has 1 amide bonds. The summed E-state index contributed by atoms with van der Waals surface area (Å²) in [5.41, 5.74) is 0. The van der Waals surface area contributed by atoms with Gasteiger partial charge in [0.25, 0.3) is 0 Å². The van der Waals surface area contributed by atoms with Crippen LogP contribution in [0, 0.1) is 0 Å². The van der Waals surface area contributed by atoms with Crippen LogP contribution >= 0.6 is 7.82 Å². The Bertz CT molecular complexity index is 1180. The van der Waals surface area contributed by atoms with E-state index in [1.54, 1.807) is 0 Å². The number of nitrogens with one attached hydrogen (secondary N) is 1. The minimum atomic E-state index is -4.76. The molecule has 64 heavy (non-hydrogen) atoms. The van der Waals surface area contributed by atoms with E-state index in [1.807, 2.05) is 0 Å². The Balaban J connectivity index is 3.79. The van der Waals surface area contributed by atoms with Crippen LogP contribution in [0.1, 0.15) is 258 Å². The number of carbonyl (C=O) groups excluding carboxylic acids is 2. The molecule has 0 heterocycles. The highest BCUT2D eigenvalue weighted by atomic mass is 31.2.